The van der Waals surface area contributed by atoms with E-state index in [0.29, 0.717) is 19.0 Å². The lowest BCUT2D eigenvalue weighted by molar-refractivity contribution is 0.238. The van der Waals surface area contributed by atoms with E-state index in [1.165, 1.54) is 11.8 Å². The van der Waals surface area contributed by atoms with Crippen molar-refractivity contribution in [2.45, 2.75) is 39.2 Å². The number of rotatable bonds is 6. The predicted octanol–water partition coefficient (Wildman–Crippen LogP) is 2.30. The van der Waals surface area contributed by atoms with Crippen molar-refractivity contribution in [1.29, 1.82) is 0 Å². The van der Waals surface area contributed by atoms with E-state index < -0.39 is 10.0 Å². The summed E-state index contributed by atoms with van der Waals surface area (Å²) in [7, 11) is -3.07. The fourth-order valence-electron chi connectivity index (χ4n) is 3.18. The predicted molar refractivity (Wildman–Crippen MR) is 83.6 cm³/mol. The van der Waals surface area contributed by atoms with Crippen LogP contribution in [0.4, 0.5) is 0 Å². The number of nitrogens with one attached hydrogen (secondary N) is 1. The van der Waals surface area contributed by atoms with Crippen molar-refractivity contribution >= 4 is 10.0 Å². The first-order valence-electron chi connectivity index (χ1n) is 7.64. The Bertz CT molecular complexity index is 553. The zero-order valence-electron chi connectivity index (χ0n) is 13.1. The van der Waals surface area contributed by atoms with Crippen molar-refractivity contribution in [2.75, 3.05) is 25.9 Å². The number of piperidine rings is 1. The molecule has 2 unspecified atom stereocenters. The van der Waals surface area contributed by atoms with Crippen molar-refractivity contribution in [2.24, 2.45) is 5.92 Å². The zero-order chi connectivity index (χ0) is 15.5. The second kappa shape index (κ2) is 6.94. The van der Waals surface area contributed by atoms with Gasteiger partial charge in [0, 0.05) is 24.7 Å². The van der Waals surface area contributed by atoms with Crippen molar-refractivity contribution in [3.05, 3.63) is 23.7 Å². The van der Waals surface area contributed by atoms with Gasteiger partial charge in [-0.2, -0.15) is 0 Å². The first kappa shape index (κ1) is 16.5. The molecule has 2 atom stereocenters. The van der Waals surface area contributed by atoms with Crippen LogP contribution < -0.4 is 5.32 Å². The summed E-state index contributed by atoms with van der Waals surface area (Å²) in [6.45, 7) is 6.25. The molecule has 21 heavy (non-hydrogen) atoms. The van der Waals surface area contributed by atoms with Gasteiger partial charge >= 0.3 is 0 Å². The second-order valence-corrected chi connectivity index (χ2v) is 7.89. The molecule has 1 saturated heterocycles. The van der Waals surface area contributed by atoms with Crippen LogP contribution in [0.2, 0.25) is 0 Å². The van der Waals surface area contributed by atoms with E-state index in [4.69, 9.17) is 4.42 Å². The highest BCUT2D eigenvalue weighted by Crippen LogP contribution is 2.30. The van der Waals surface area contributed by atoms with Gasteiger partial charge in [-0.25, -0.2) is 12.7 Å². The third-order valence-electron chi connectivity index (χ3n) is 4.24. The Kier molecular flexibility index (Phi) is 5.46. The average Bonchev–Trinajstić information content (AvgIpc) is 2.84. The minimum Gasteiger partial charge on any atom is -0.469 e. The molecule has 0 saturated carbocycles. The molecule has 2 rings (SSSR count). The molecule has 0 amide bonds. The number of aryl methyl sites for hydroxylation is 1. The summed E-state index contributed by atoms with van der Waals surface area (Å²) >= 11 is 0. The third kappa shape index (κ3) is 4.31. The molecule has 0 radical (unpaired) electrons. The van der Waals surface area contributed by atoms with Gasteiger partial charge in [-0.1, -0.05) is 6.92 Å². The maximum absolute atomic E-state index is 11.7. The monoisotopic (exact) mass is 314 g/mol. The molecule has 1 aromatic rings. The van der Waals surface area contributed by atoms with Crippen LogP contribution in [0.5, 0.6) is 0 Å². The van der Waals surface area contributed by atoms with Crippen molar-refractivity contribution in [3.63, 3.8) is 0 Å². The Morgan fingerprint density at radius 1 is 1.52 bits per heavy atom. The van der Waals surface area contributed by atoms with Gasteiger partial charge in [0.15, 0.2) is 0 Å². The van der Waals surface area contributed by atoms with Crippen LogP contribution in [0, 0.1) is 12.8 Å². The second-order valence-electron chi connectivity index (χ2n) is 5.91. The number of furan rings is 1. The summed E-state index contributed by atoms with van der Waals surface area (Å²) in [5.41, 5.74) is 1.19. The minimum atomic E-state index is -3.07. The Labute approximate surface area is 127 Å². The van der Waals surface area contributed by atoms with Gasteiger partial charge in [0.05, 0.1) is 12.5 Å². The number of nitrogens with zero attached hydrogens (tertiary/aromatic N) is 1. The fraction of sp³-hybridized carbons (Fsp3) is 0.733. The topological polar surface area (TPSA) is 62.6 Å². The molecule has 1 aromatic heterocycles. The van der Waals surface area contributed by atoms with E-state index >= 15 is 0 Å². The van der Waals surface area contributed by atoms with Crippen LogP contribution >= 0.6 is 0 Å². The summed E-state index contributed by atoms with van der Waals surface area (Å²) in [6.07, 6.45) is 6.00. The minimum absolute atomic E-state index is 0.235. The van der Waals surface area contributed by atoms with Crippen LogP contribution in [-0.4, -0.2) is 38.6 Å². The molecule has 6 heteroatoms. The van der Waals surface area contributed by atoms with Crippen LogP contribution in [-0.2, 0) is 10.0 Å². The van der Waals surface area contributed by atoms with Gasteiger partial charge in [-0.05, 0) is 44.7 Å². The molecule has 0 aromatic carbocycles. The van der Waals surface area contributed by atoms with E-state index in [-0.39, 0.29) is 6.04 Å². The Morgan fingerprint density at radius 3 is 2.86 bits per heavy atom. The van der Waals surface area contributed by atoms with E-state index in [2.05, 4.69) is 12.2 Å². The molecule has 1 N–H and O–H groups in total. The van der Waals surface area contributed by atoms with Crippen LogP contribution in [0.15, 0.2) is 16.7 Å². The zero-order valence-corrected chi connectivity index (χ0v) is 13.9. The summed E-state index contributed by atoms with van der Waals surface area (Å²) < 4.78 is 30.5. The van der Waals surface area contributed by atoms with Gasteiger partial charge in [0.25, 0.3) is 0 Å². The standard InChI is InChI=1S/C15H26N2O3S/c1-4-16-15(14-7-9-20-12(14)2)10-13-6-5-8-17(11-13)21(3,18)19/h7,9,13,15-16H,4-6,8,10-11H2,1-3H3. The van der Waals surface area contributed by atoms with Crippen molar-refractivity contribution < 1.29 is 12.8 Å². The van der Waals surface area contributed by atoms with Crippen LogP contribution in [0.1, 0.15) is 43.6 Å². The number of sulfonamides is 1. The lowest BCUT2D eigenvalue weighted by Gasteiger charge is -2.33. The first-order chi connectivity index (χ1) is 9.91. The molecule has 1 aliphatic rings. The quantitative estimate of drug-likeness (QED) is 0.875. The molecule has 120 valence electrons. The van der Waals surface area contributed by atoms with E-state index in [9.17, 15) is 8.42 Å². The van der Waals surface area contributed by atoms with Gasteiger partial charge in [-0.3, -0.25) is 0 Å². The van der Waals surface area contributed by atoms with Crippen molar-refractivity contribution in [1.82, 2.24) is 9.62 Å². The summed E-state index contributed by atoms with van der Waals surface area (Å²) in [5.74, 6) is 1.34. The largest absolute Gasteiger partial charge is 0.469 e. The highest BCUT2D eigenvalue weighted by molar-refractivity contribution is 7.88. The van der Waals surface area contributed by atoms with Crippen molar-refractivity contribution in [3.8, 4) is 0 Å². The maximum Gasteiger partial charge on any atom is 0.211 e. The molecule has 0 bridgehead atoms. The van der Waals surface area contributed by atoms with Gasteiger partial charge in [0.2, 0.25) is 10.0 Å². The summed E-state index contributed by atoms with van der Waals surface area (Å²) in [5, 5.41) is 3.50. The van der Waals surface area contributed by atoms with E-state index in [0.717, 1.165) is 31.6 Å². The van der Waals surface area contributed by atoms with E-state index in [1.807, 2.05) is 13.0 Å². The Balaban J connectivity index is 2.05. The maximum atomic E-state index is 11.7. The van der Waals surface area contributed by atoms with Crippen LogP contribution in [0.3, 0.4) is 0 Å². The lowest BCUT2D eigenvalue weighted by atomic mass is 9.89. The lowest BCUT2D eigenvalue weighted by Crippen LogP contribution is -2.40. The first-order valence-corrected chi connectivity index (χ1v) is 9.49. The third-order valence-corrected chi connectivity index (χ3v) is 5.51. The fourth-order valence-corrected chi connectivity index (χ4v) is 4.12. The molecule has 1 aliphatic heterocycles. The Hall–Kier alpha value is -0.850. The molecule has 5 nitrogen and oxygen atoms in total. The number of hydrogen-bond acceptors (Lipinski definition) is 4. The molecule has 2 heterocycles. The number of hydrogen-bond donors (Lipinski definition) is 1. The molecular weight excluding hydrogens is 288 g/mol. The average molecular weight is 314 g/mol. The molecular formula is C15H26N2O3S. The van der Waals surface area contributed by atoms with Crippen LogP contribution in [0.25, 0.3) is 0 Å². The molecule has 0 spiro atoms. The highest BCUT2D eigenvalue weighted by atomic mass is 32.2. The van der Waals surface area contributed by atoms with Gasteiger partial charge in [0.1, 0.15) is 5.76 Å². The van der Waals surface area contributed by atoms with Gasteiger partial charge < -0.3 is 9.73 Å². The highest BCUT2D eigenvalue weighted by Gasteiger charge is 2.28. The summed E-state index contributed by atoms with van der Waals surface area (Å²) in [4.78, 5) is 0. The van der Waals surface area contributed by atoms with E-state index in [1.54, 1.807) is 10.6 Å². The Morgan fingerprint density at radius 2 is 2.29 bits per heavy atom. The summed E-state index contributed by atoms with van der Waals surface area (Å²) in [6, 6.07) is 2.25. The van der Waals surface area contributed by atoms with Gasteiger partial charge in [-0.15, -0.1) is 0 Å². The smallest absolute Gasteiger partial charge is 0.211 e. The molecule has 0 aliphatic carbocycles. The normalized spacial score (nSPS) is 22.3. The SMILES string of the molecule is CCNC(CC1CCCN(S(C)(=O)=O)C1)c1ccoc1C. The molecule has 1 fully saturated rings.